The summed E-state index contributed by atoms with van der Waals surface area (Å²) in [5.41, 5.74) is 0.771. The van der Waals surface area contributed by atoms with Crippen molar-refractivity contribution in [3.05, 3.63) is 41.4 Å². The summed E-state index contributed by atoms with van der Waals surface area (Å²) in [7, 11) is 0. The van der Waals surface area contributed by atoms with Crippen LogP contribution in [0, 0.1) is 5.92 Å². The van der Waals surface area contributed by atoms with Gasteiger partial charge in [-0.05, 0) is 25.1 Å². The fourth-order valence-corrected chi connectivity index (χ4v) is 2.76. The quantitative estimate of drug-likeness (QED) is 0.772. The maximum absolute atomic E-state index is 12.4. The Bertz CT molecular complexity index is 675. The molecule has 0 bridgehead atoms. The number of nitrogens with zero attached hydrogens (tertiary/aromatic N) is 1. The lowest BCUT2D eigenvalue weighted by atomic mass is 10.1. The number of hydrogen-bond donors (Lipinski definition) is 2. The number of halogens is 1. The van der Waals surface area contributed by atoms with E-state index >= 15 is 0 Å². The van der Waals surface area contributed by atoms with E-state index in [0.29, 0.717) is 35.9 Å². The van der Waals surface area contributed by atoms with Crippen LogP contribution in [0.25, 0.3) is 0 Å². The summed E-state index contributed by atoms with van der Waals surface area (Å²) >= 11 is 6.03. The molecule has 1 saturated heterocycles. The second-order valence-corrected chi connectivity index (χ2v) is 5.94. The molecule has 0 saturated carbocycles. The highest BCUT2D eigenvalue weighted by Crippen LogP contribution is 2.23. The minimum Gasteiger partial charge on any atom is -0.352 e. The van der Waals surface area contributed by atoms with Crippen LogP contribution in [0.1, 0.15) is 23.7 Å². The minimum atomic E-state index is -0.416. The Morgan fingerprint density at radius 3 is 2.88 bits per heavy atom. The van der Waals surface area contributed by atoms with Crippen molar-refractivity contribution in [2.24, 2.45) is 5.92 Å². The third-order valence-corrected chi connectivity index (χ3v) is 4.08. The lowest BCUT2D eigenvalue weighted by Crippen LogP contribution is -2.28. The normalized spacial score (nSPS) is 16.8. The molecule has 2 rings (SSSR count). The van der Waals surface area contributed by atoms with Crippen LogP contribution in [0.5, 0.6) is 0 Å². The summed E-state index contributed by atoms with van der Waals surface area (Å²) in [6.07, 6.45) is 1.81. The second-order valence-electron chi connectivity index (χ2n) is 5.53. The van der Waals surface area contributed by atoms with Gasteiger partial charge in [-0.2, -0.15) is 0 Å². The highest BCUT2D eigenvalue weighted by molar-refractivity contribution is 6.34. The Balaban J connectivity index is 2.07. The SMILES string of the molecule is C=CCN1CC(C(=O)Nc2ccc(Cl)c(C(=O)NCC)c2)CC1=O. The number of benzene rings is 1. The molecule has 0 aromatic heterocycles. The predicted molar refractivity (Wildman–Crippen MR) is 93.0 cm³/mol. The van der Waals surface area contributed by atoms with Crippen LogP contribution in [-0.2, 0) is 9.59 Å². The zero-order chi connectivity index (χ0) is 17.7. The lowest BCUT2D eigenvalue weighted by molar-refractivity contribution is -0.127. The highest BCUT2D eigenvalue weighted by atomic mass is 35.5. The Labute approximate surface area is 145 Å². The second kappa shape index (κ2) is 7.97. The monoisotopic (exact) mass is 349 g/mol. The molecule has 1 aliphatic heterocycles. The average Bonchev–Trinajstić information content (AvgIpc) is 2.91. The lowest BCUT2D eigenvalue weighted by Gasteiger charge is -2.14. The van der Waals surface area contributed by atoms with Crippen molar-refractivity contribution < 1.29 is 14.4 Å². The summed E-state index contributed by atoms with van der Waals surface area (Å²) in [6, 6.07) is 4.72. The van der Waals surface area contributed by atoms with Gasteiger partial charge in [0.15, 0.2) is 0 Å². The molecule has 1 aliphatic rings. The summed E-state index contributed by atoms with van der Waals surface area (Å²) < 4.78 is 0. The van der Waals surface area contributed by atoms with Gasteiger partial charge in [0.1, 0.15) is 0 Å². The van der Waals surface area contributed by atoms with Gasteiger partial charge < -0.3 is 15.5 Å². The fourth-order valence-electron chi connectivity index (χ4n) is 2.56. The van der Waals surface area contributed by atoms with E-state index in [-0.39, 0.29) is 24.1 Å². The van der Waals surface area contributed by atoms with E-state index in [9.17, 15) is 14.4 Å². The van der Waals surface area contributed by atoms with Crippen LogP contribution in [-0.4, -0.2) is 42.3 Å². The molecule has 1 aromatic rings. The van der Waals surface area contributed by atoms with E-state index in [1.54, 1.807) is 23.1 Å². The van der Waals surface area contributed by atoms with Gasteiger partial charge in [0.05, 0.1) is 16.5 Å². The molecule has 0 radical (unpaired) electrons. The first kappa shape index (κ1) is 18.0. The molecule has 6 nitrogen and oxygen atoms in total. The molecular weight excluding hydrogens is 330 g/mol. The van der Waals surface area contributed by atoms with Gasteiger partial charge in [-0.1, -0.05) is 17.7 Å². The topological polar surface area (TPSA) is 78.5 Å². The number of carbonyl (C=O) groups is 3. The van der Waals surface area contributed by atoms with Gasteiger partial charge >= 0.3 is 0 Å². The number of carbonyl (C=O) groups excluding carboxylic acids is 3. The van der Waals surface area contributed by atoms with E-state index in [4.69, 9.17) is 11.6 Å². The highest BCUT2D eigenvalue weighted by Gasteiger charge is 2.33. The first-order chi connectivity index (χ1) is 11.5. The molecule has 1 heterocycles. The Kier molecular flexibility index (Phi) is 5.98. The van der Waals surface area contributed by atoms with Crippen LogP contribution in [0.3, 0.4) is 0 Å². The molecule has 7 heteroatoms. The maximum Gasteiger partial charge on any atom is 0.252 e. The Morgan fingerprint density at radius 1 is 1.46 bits per heavy atom. The van der Waals surface area contributed by atoms with Crippen LogP contribution < -0.4 is 10.6 Å². The average molecular weight is 350 g/mol. The van der Waals surface area contributed by atoms with E-state index in [0.717, 1.165) is 0 Å². The molecule has 0 aliphatic carbocycles. The van der Waals surface area contributed by atoms with Crippen molar-refractivity contribution in [1.82, 2.24) is 10.2 Å². The third kappa shape index (κ3) is 4.14. The molecule has 3 amide bonds. The summed E-state index contributed by atoms with van der Waals surface area (Å²) in [4.78, 5) is 37.7. The number of anilines is 1. The number of rotatable bonds is 6. The van der Waals surface area contributed by atoms with Crippen molar-refractivity contribution in [1.29, 1.82) is 0 Å². The van der Waals surface area contributed by atoms with Gasteiger partial charge in [0, 0.05) is 31.7 Å². The molecule has 24 heavy (non-hydrogen) atoms. The third-order valence-electron chi connectivity index (χ3n) is 3.75. The predicted octanol–water partition coefficient (Wildman–Crippen LogP) is 2.06. The van der Waals surface area contributed by atoms with Crippen LogP contribution in [0.15, 0.2) is 30.9 Å². The molecule has 128 valence electrons. The zero-order valence-electron chi connectivity index (χ0n) is 13.5. The van der Waals surface area contributed by atoms with Crippen molar-refractivity contribution in [2.45, 2.75) is 13.3 Å². The largest absolute Gasteiger partial charge is 0.352 e. The van der Waals surface area contributed by atoms with Gasteiger partial charge in [-0.3, -0.25) is 14.4 Å². The van der Waals surface area contributed by atoms with Gasteiger partial charge in [-0.25, -0.2) is 0 Å². The Morgan fingerprint density at radius 2 is 2.21 bits per heavy atom. The molecule has 1 unspecified atom stereocenters. The summed E-state index contributed by atoms with van der Waals surface area (Å²) in [5, 5.41) is 5.73. The van der Waals surface area contributed by atoms with Gasteiger partial charge in [0.25, 0.3) is 5.91 Å². The van der Waals surface area contributed by atoms with Crippen molar-refractivity contribution in [3.63, 3.8) is 0 Å². The van der Waals surface area contributed by atoms with E-state index in [1.165, 1.54) is 6.07 Å². The molecule has 2 N–H and O–H groups in total. The molecular formula is C17H20ClN3O3. The molecule has 1 atom stereocenters. The van der Waals surface area contributed by atoms with Gasteiger partial charge in [-0.15, -0.1) is 6.58 Å². The summed E-state index contributed by atoms with van der Waals surface area (Å²) in [5.74, 6) is -1.03. The van der Waals surface area contributed by atoms with Crippen LogP contribution in [0.4, 0.5) is 5.69 Å². The number of likely N-dealkylation sites (tertiary alicyclic amines) is 1. The van der Waals surface area contributed by atoms with Gasteiger partial charge in [0.2, 0.25) is 11.8 Å². The standard InChI is InChI=1S/C17H20ClN3O3/c1-3-7-21-10-11(8-15(21)22)16(23)20-12-5-6-14(18)13(9-12)17(24)19-4-2/h3,5-6,9,11H,1,4,7-8,10H2,2H3,(H,19,24)(H,20,23). The van der Waals surface area contributed by atoms with E-state index in [1.807, 2.05) is 6.92 Å². The minimum absolute atomic E-state index is 0.0610. The molecule has 1 aromatic carbocycles. The maximum atomic E-state index is 12.4. The number of amides is 3. The first-order valence-corrected chi connectivity index (χ1v) is 8.11. The van der Waals surface area contributed by atoms with E-state index < -0.39 is 5.92 Å². The van der Waals surface area contributed by atoms with Crippen LogP contribution in [0.2, 0.25) is 5.02 Å². The number of nitrogens with one attached hydrogen (secondary N) is 2. The Hall–Kier alpha value is -2.34. The molecule has 0 spiro atoms. The number of hydrogen-bond acceptors (Lipinski definition) is 3. The summed E-state index contributed by atoms with van der Waals surface area (Å²) in [6.45, 7) is 6.70. The van der Waals surface area contributed by atoms with Crippen molar-refractivity contribution in [3.8, 4) is 0 Å². The molecule has 1 fully saturated rings. The van der Waals surface area contributed by atoms with E-state index in [2.05, 4.69) is 17.2 Å². The van der Waals surface area contributed by atoms with Crippen molar-refractivity contribution in [2.75, 3.05) is 25.0 Å². The zero-order valence-corrected chi connectivity index (χ0v) is 14.2. The smallest absolute Gasteiger partial charge is 0.252 e. The van der Waals surface area contributed by atoms with Crippen LogP contribution >= 0.6 is 11.6 Å². The fraction of sp³-hybridized carbons (Fsp3) is 0.353. The van der Waals surface area contributed by atoms with Crippen molar-refractivity contribution >= 4 is 35.0 Å². The first-order valence-electron chi connectivity index (χ1n) is 7.73.